The van der Waals surface area contributed by atoms with Gasteiger partial charge in [-0.1, -0.05) is 0 Å². The van der Waals surface area contributed by atoms with E-state index < -0.39 is 5.82 Å². The van der Waals surface area contributed by atoms with Crippen molar-refractivity contribution >= 4 is 28.9 Å². The molecule has 3 aromatic rings. The van der Waals surface area contributed by atoms with Gasteiger partial charge in [-0.15, -0.1) is 0 Å². The maximum atomic E-state index is 13.8. The highest BCUT2D eigenvalue weighted by molar-refractivity contribution is 6.13. The van der Waals surface area contributed by atoms with Crippen molar-refractivity contribution in [3.63, 3.8) is 0 Å². The molecule has 2 aromatic heterocycles. The molecule has 33 heavy (non-hydrogen) atoms. The number of amidine groups is 2. The minimum atomic E-state index is -0.428. The number of rotatable bonds is 5. The number of pyridine rings is 1. The van der Waals surface area contributed by atoms with Gasteiger partial charge in [-0.25, -0.2) is 13.8 Å². The maximum absolute atomic E-state index is 13.8. The van der Waals surface area contributed by atoms with Crippen molar-refractivity contribution in [3.8, 4) is 0 Å². The van der Waals surface area contributed by atoms with Gasteiger partial charge in [0.1, 0.15) is 29.3 Å². The molecule has 0 bridgehead atoms. The Balaban J connectivity index is 1.44. The number of hydrogen-bond donors (Lipinski definition) is 2. The van der Waals surface area contributed by atoms with Gasteiger partial charge in [0.05, 0.1) is 12.5 Å². The highest BCUT2D eigenvalue weighted by Gasteiger charge is 2.39. The number of aromatic amines is 1. The summed E-state index contributed by atoms with van der Waals surface area (Å²) in [6, 6.07) is 6.09. The molecule has 170 valence electrons. The summed E-state index contributed by atoms with van der Waals surface area (Å²) in [5.74, 6) is 0.508. The Bertz CT molecular complexity index is 1290. The van der Waals surface area contributed by atoms with Crippen molar-refractivity contribution in [1.82, 2.24) is 20.2 Å². The van der Waals surface area contributed by atoms with Crippen LogP contribution in [0.1, 0.15) is 30.7 Å². The van der Waals surface area contributed by atoms with Crippen molar-refractivity contribution in [1.29, 1.82) is 0 Å². The van der Waals surface area contributed by atoms with Crippen LogP contribution in [0.3, 0.4) is 0 Å². The van der Waals surface area contributed by atoms with Gasteiger partial charge in [0, 0.05) is 40.9 Å². The predicted octanol–water partition coefficient (Wildman–Crippen LogP) is 3.59. The maximum Gasteiger partial charge on any atom is 0.154 e. The van der Waals surface area contributed by atoms with E-state index in [0.717, 1.165) is 28.4 Å². The summed E-state index contributed by atoms with van der Waals surface area (Å²) in [4.78, 5) is 23.6. The van der Waals surface area contributed by atoms with Gasteiger partial charge < -0.3 is 15.2 Å². The summed E-state index contributed by atoms with van der Waals surface area (Å²) in [5, 5.41) is 4.13. The number of halogens is 2. The van der Waals surface area contributed by atoms with Crippen LogP contribution >= 0.6 is 0 Å². The van der Waals surface area contributed by atoms with Crippen LogP contribution in [-0.4, -0.2) is 57.7 Å². The number of aromatic nitrogens is 2. The summed E-state index contributed by atoms with van der Waals surface area (Å²) >= 11 is 0. The van der Waals surface area contributed by atoms with Crippen LogP contribution in [0, 0.1) is 18.6 Å². The van der Waals surface area contributed by atoms with Crippen LogP contribution in [0.4, 0.5) is 8.78 Å². The third-order valence-corrected chi connectivity index (χ3v) is 6.04. The van der Waals surface area contributed by atoms with Gasteiger partial charge in [0.25, 0.3) is 0 Å². The van der Waals surface area contributed by atoms with Crippen molar-refractivity contribution in [2.24, 2.45) is 15.0 Å². The highest BCUT2D eigenvalue weighted by atomic mass is 19.1. The third-order valence-electron chi connectivity index (χ3n) is 6.04. The van der Waals surface area contributed by atoms with Crippen LogP contribution < -0.4 is 5.32 Å². The molecule has 0 amide bonds. The van der Waals surface area contributed by atoms with Crippen LogP contribution in [0.15, 0.2) is 51.6 Å². The molecule has 2 atom stereocenters. The molecule has 2 unspecified atom stereocenters. The third kappa shape index (κ3) is 3.99. The van der Waals surface area contributed by atoms with Crippen LogP contribution in [-0.2, 0) is 6.42 Å². The lowest BCUT2D eigenvalue weighted by atomic mass is 10.1. The Labute approximate surface area is 190 Å². The first-order valence-electron chi connectivity index (χ1n) is 11.0. The largest absolute Gasteiger partial charge is 0.358 e. The Morgan fingerprint density at radius 1 is 1.15 bits per heavy atom. The molecule has 0 fully saturated rings. The molecule has 2 N–H and O–H groups in total. The number of hydrogen-bond acceptors (Lipinski definition) is 5. The van der Waals surface area contributed by atoms with Gasteiger partial charge in [-0.2, -0.15) is 0 Å². The quantitative estimate of drug-likeness (QED) is 0.625. The minimum absolute atomic E-state index is 0.197. The van der Waals surface area contributed by atoms with Crippen LogP contribution in [0.5, 0.6) is 0 Å². The smallest absolute Gasteiger partial charge is 0.154 e. The number of aliphatic imine (C=N–C) groups is 3. The van der Waals surface area contributed by atoms with Gasteiger partial charge >= 0.3 is 0 Å². The lowest BCUT2D eigenvalue weighted by Crippen LogP contribution is -2.53. The summed E-state index contributed by atoms with van der Waals surface area (Å²) in [5.41, 5.74) is 3.51. The van der Waals surface area contributed by atoms with Crippen molar-refractivity contribution < 1.29 is 8.78 Å². The SMILES string of the molecule is Cc1[nH]c2ccc(F)cc2c1CCN=C1NC(c2cncc(F)c2)=NC2C1N=CN2C(C)C. The molecule has 4 heterocycles. The zero-order valence-electron chi connectivity index (χ0n) is 18.7. The summed E-state index contributed by atoms with van der Waals surface area (Å²) in [6.45, 7) is 6.62. The fourth-order valence-electron chi connectivity index (χ4n) is 4.39. The number of nitrogens with one attached hydrogen (secondary N) is 2. The molecule has 1 aromatic carbocycles. The number of benzene rings is 1. The Hall–Kier alpha value is -3.62. The van der Waals surface area contributed by atoms with E-state index >= 15 is 0 Å². The number of nitrogens with zero attached hydrogens (tertiary/aromatic N) is 5. The molecule has 0 radical (unpaired) electrons. The molecule has 0 saturated heterocycles. The summed E-state index contributed by atoms with van der Waals surface area (Å²) in [7, 11) is 0. The zero-order chi connectivity index (χ0) is 23.1. The molecular formula is C24H25F2N7. The minimum Gasteiger partial charge on any atom is -0.358 e. The highest BCUT2D eigenvalue weighted by Crippen LogP contribution is 2.25. The molecule has 2 aliphatic heterocycles. The van der Waals surface area contributed by atoms with Gasteiger partial charge in [-0.05, 0) is 57.0 Å². The zero-order valence-corrected chi connectivity index (χ0v) is 18.7. The molecule has 5 rings (SSSR count). The van der Waals surface area contributed by atoms with E-state index in [1.54, 1.807) is 24.7 Å². The lowest BCUT2D eigenvalue weighted by molar-refractivity contribution is 0.286. The molecule has 2 aliphatic rings. The summed E-state index contributed by atoms with van der Waals surface area (Å²) < 4.78 is 27.6. The first-order valence-corrected chi connectivity index (χ1v) is 11.0. The second-order valence-corrected chi connectivity index (χ2v) is 8.59. The Kier molecular flexibility index (Phi) is 5.39. The average Bonchev–Trinajstić information content (AvgIpc) is 3.35. The van der Waals surface area contributed by atoms with E-state index in [0.29, 0.717) is 30.2 Å². The average molecular weight is 450 g/mol. The van der Waals surface area contributed by atoms with Gasteiger partial charge in [0.2, 0.25) is 0 Å². The number of fused-ring (bicyclic) bond motifs is 2. The van der Waals surface area contributed by atoms with E-state index in [4.69, 9.17) is 9.98 Å². The molecular weight excluding hydrogens is 424 g/mol. The summed E-state index contributed by atoms with van der Waals surface area (Å²) in [6.07, 6.45) is 4.93. The van der Waals surface area contributed by atoms with E-state index in [1.165, 1.54) is 12.1 Å². The topological polar surface area (TPSA) is 81.0 Å². The monoisotopic (exact) mass is 449 g/mol. The fraction of sp³-hybridized carbons (Fsp3) is 0.333. The van der Waals surface area contributed by atoms with Gasteiger partial charge in [-0.3, -0.25) is 15.0 Å². The molecule has 0 aliphatic carbocycles. The van der Waals surface area contributed by atoms with E-state index in [2.05, 4.69) is 39.0 Å². The van der Waals surface area contributed by atoms with Crippen molar-refractivity contribution in [3.05, 3.63) is 65.1 Å². The van der Waals surface area contributed by atoms with Gasteiger partial charge in [0.15, 0.2) is 6.17 Å². The number of H-pyrrole nitrogens is 1. The second kappa shape index (κ2) is 8.38. The lowest BCUT2D eigenvalue weighted by Gasteiger charge is -2.33. The normalized spacial score (nSPS) is 21.1. The van der Waals surface area contributed by atoms with E-state index in [1.807, 2.05) is 6.92 Å². The first-order chi connectivity index (χ1) is 15.9. The van der Waals surface area contributed by atoms with Crippen LogP contribution in [0.25, 0.3) is 10.9 Å². The fourth-order valence-corrected chi connectivity index (χ4v) is 4.39. The first kappa shape index (κ1) is 21.2. The number of aryl methyl sites for hydroxylation is 1. The predicted molar refractivity (Wildman–Crippen MR) is 126 cm³/mol. The molecule has 9 heteroatoms. The van der Waals surface area contributed by atoms with Crippen molar-refractivity contribution in [2.75, 3.05) is 6.54 Å². The Morgan fingerprint density at radius 3 is 2.79 bits per heavy atom. The molecule has 0 saturated carbocycles. The molecule has 7 nitrogen and oxygen atoms in total. The van der Waals surface area contributed by atoms with E-state index in [-0.39, 0.29) is 24.1 Å². The van der Waals surface area contributed by atoms with Crippen molar-refractivity contribution in [2.45, 2.75) is 45.4 Å². The molecule has 0 spiro atoms. The van der Waals surface area contributed by atoms with Crippen LogP contribution in [0.2, 0.25) is 0 Å². The van der Waals surface area contributed by atoms with E-state index in [9.17, 15) is 8.78 Å². The Morgan fingerprint density at radius 2 is 2.00 bits per heavy atom. The second-order valence-electron chi connectivity index (χ2n) is 8.59. The standard InChI is InChI=1S/C24H25F2N7/c1-13(2)33-12-29-21-23(31-22(32-24(21)33)15-8-17(26)11-27-10-15)28-7-6-18-14(3)30-20-5-4-16(25)9-19(18)20/h4-5,8-13,21,24,30H,6-7H2,1-3H3,(H,28,31,32).